The zero-order chi connectivity index (χ0) is 15.0. The minimum absolute atomic E-state index is 0.0185. The molecule has 1 aliphatic rings. The van der Waals surface area contributed by atoms with E-state index >= 15 is 0 Å². The molecule has 0 aliphatic carbocycles. The van der Waals surface area contributed by atoms with Gasteiger partial charge >= 0.3 is 0 Å². The van der Waals surface area contributed by atoms with Crippen molar-refractivity contribution in [3.8, 4) is 11.3 Å². The summed E-state index contributed by atoms with van der Waals surface area (Å²) in [4.78, 5) is 19.3. The van der Waals surface area contributed by atoms with Gasteiger partial charge in [0.15, 0.2) is 5.13 Å². The standard InChI is InChI=1S/C15H16FN3OS/c1-9-7-19(8-13(20)17-9)15-18-14(10(2)21-15)11-3-5-12(16)6-4-11/h3-6,9H,7-8H2,1-2H3,(H,17,20). The van der Waals surface area contributed by atoms with E-state index in [0.29, 0.717) is 6.54 Å². The van der Waals surface area contributed by atoms with Crippen molar-refractivity contribution in [1.29, 1.82) is 0 Å². The number of piperazine rings is 1. The first-order valence-corrected chi connectivity index (χ1v) is 7.62. The van der Waals surface area contributed by atoms with E-state index in [4.69, 9.17) is 0 Å². The maximum absolute atomic E-state index is 13.0. The molecule has 1 aromatic heterocycles. The molecule has 1 aromatic carbocycles. The Morgan fingerprint density at radius 1 is 1.38 bits per heavy atom. The van der Waals surface area contributed by atoms with Crippen LogP contribution in [0.4, 0.5) is 9.52 Å². The first kappa shape index (κ1) is 14.0. The number of anilines is 1. The minimum Gasteiger partial charge on any atom is -0.350 e. The van der Waals surface area contributed by atoms with Crippen LogP contribution in [0.5, 0.6) is 0 Å². The molecule has 6 heteroatoms. The summed E-state index contributed by atoms with van der Waals surface area (Å²) in [6, 6.07) is 6.44. The van der Waals surface area contributed by atoms with Crippen LogP contribution >= 0.6 is 11.3 Å². The molecule has 0 saturated carbocycles. The third kappa shape index (κ3) is 2.90. The Bertz CT molecular complexity index is 668. The number of hydrogen-bond acceptors (Lipinski definition) is 4. The quantitative estimate of drug-likeness (QED) is 0.927. The number of rotatable bonds is 2. The lowest BCUT2D eigenvalue weighted by Crippen LogP contribution is -2.53. The van der Waals surface area contributed by atoms with Crippen molar-refractivity contribution in [2.45, 2.75) is 19.9 Å². The zero-order valence-corrected chi connectivity index (χ0v) is 12.7. The molecule has 1 amide bonds. The predicted octanol–water partition coefficient (Wildman–Crippen LogP) is 2.58. The van der Waals surface area contributed by atoms with Gasteiger partial charge in [-0.2, -0.15) is 0 Å². The monoisotopic (exact) mass is 305 g/mol. The van der Waals surface area contributed by atoms with Gasteiger partial charge in [0, 0.05) is 23.0 Å². The number of hydrogen-bond donors (Lipinski definition) is 1. The van der Waals surface area contributed by atoms with Gasteiger partial charge in [-0.1, -0.05) is 0 Å². The summed E-state index contributed by atoms with van der Waals surface area (Å²) >= 11 is 1.57. The van der Waals surface area contributed by atoms with E-state index < -0.39 is 0 Å². The van der Waals surface area contributed by atoms with E-state index in [0.717, 1.165) is 27.8 Å². The topological polar surface area (TPSA) is 45.2 Å². The summed E-state index contributed by atoms with van der Waals surface area (Å²) in [5.41, 5.74) is 1.75. The van der Waals surface area contributed by atoms with Crippen molar-refractivity contribution in [3.05, 3.63) is 35.0 Å². The zero-order valence-electron chi connectivity index (χ0n) is 11.9. The smallest absolute Gasteiger partial charge is 0.239 e. The van der Waals surface area contributed by atoms with Crippen molar-refractivity contribution in [2.75, 3.05) is 18.0 Å². The summed E-state index contributed by atoms with van der Waals surface area (Å²) in [5, 5.41) is 3.73. The van der Waals surface area contributed by atoms with Crippen LogP contribution in [0, 0.1) is 12.7 Å². The van der Waals surface area contributed by atoms with Crippen LogP contribution in [0.3, 0.4) is 0 Å². The minimum atomic E-state index is -0.256. The third-order valence-electron chi connectivity index (χ3n) is 3.41. The van der Waals surface area contributed by atoms with Crippen LogP contribution in [0.1, 0.15) is 11.8 Å². The first-order chi connectivity index (χ1) is 10.0. The van der Waals surface area contributed by atoms with E-state index in [9.17, 15) is 9.18 Å². The van der Waals surface area contributed by atoms with E-state index in [1.165, 1.54) is 12.1 Å². The molecule has 2 heterocycles. The summed E-state index contributed by atoms with van der Waals surface area (Å²) in [6.45, 7) is 5.06. The Hall–Kier alpha value is -1.95. The number of nitrogens with one attached hydrogen (secondary N) is 1. The lowest BCUT2D eigenvalue weighted by atomic mass is 10.1. The molecule has 0 radical (unpaired) electrons. The molecule has 21 heavy (non-hydrogen) atoms. The van der Waals surface area contributed by atoms with Crippen molar-refractivity contribution < 1.29 is 9.18 Å². The number of thiazole rings is 1. The van der Waals surface area contributed by atoms with Crippen LogP contribution in [0.15, 0.2) is 24.3 Å². The number of nitrogens with zero attached hydrogens (tertiary/aromatic N) is 2. The number of benzene rings is 1. The van der Waals surface area contributed by atoms with Crippen LogP contribution in [0.2, 0.25) is 0 Å². The fourth-order valence-electron chi connectivity index (χ4n) is 2.47. The molecule has 110 valence electrons. The summed E-state index contributed by atoms with van der Waals surface area (Å²) in [6.07, 6.45) is 0. The van der Waals surface area contributed by atoms with Crippen LogP contribution < -0.4 is 10.2 Å². The van der Waals surface area contributed by atoms with Gasteiger partial charge in [-0.3, -0.25) is 4.79 Å². The van der Waals surface area contributed by atoms with E-state index in [-0.39, 0.29) is 17.8 Å². The molecule has 1 unspecified atom stereocenters. The van der Waals surface area contributed by atoms with Crippen LogP contribution in [-0.4, -0.2) is 30.0 Å². The second kappa shape index (κ2) is 5.44. The fourth-order valence-corrected chi connectivity index (χ4v) is 3.41. The van der Waals surface area contributed by atoms with Crippen LogP contribution in [-0.2, 0) is 4.79 Å². The van der Waals surface area contributed by atoms with E-state index in [1.54, 1.807) is 23.5 Å². The Labute approximate surface area is 126 Å². The lowest BCUT2D eigenvalue weighted by molar-refractivity contribution is -0.121. The Balaban J connectivity index is 1.90. The molecule has 2 aromatic rings. The number of carbonyl (C=O) groups is 1. The Morgan fingerprint density at radius 2 is 2.10 bits per heavy atom. The SMILES string of the molecule is Cc1sc(N2CC(=O)NC(C)C2)nc1-c1ccc(F)cc1. The van der Waals surface area contributed by atoms with Gasteiger partial charge in [0.05, 0.1) is 12.2 Å². The number of aromatic nitrogens is 1. The number of halogens is 1. The van der Waals surface area contributed by atoms with Gasteiger partial charge in [0.1, 0.15) is 5.82 Å². The van der Waals surface area contributed by atoms with Crippen molar-refractivity contribution in [2.24, 2.45) is 0 Å². The average molecular weight is 305 g/mol. The molecule has 1 atom stereocenters. The second-order valence-electron chi connectivity index (χ2n) is 5.26. The first-order valence-electron chi connectivity index (χ1n) is 6.80. The highest BCUT2D eigenvalue weighted by atomic mass is 32.1. The average Bonchev–Trinajstić information content (AvgIpc) is 2.81. The van der Waals surface area contributed by atoms with Gasteiger partial charge in [0.2, 0.25) is 5.91 Å². The lowest BCUT2D eigenvalue weighted by Gasteiger charge is -2.30. The summed E-state index contributed by atoms with van der Waals surface area (Å²) in [5.74, 6) is -0.238. The molecule has 0 spiro atoms. The largest absolute Gasteiger partial charge is 0.350 e. The maximum atomic E-state index is 13.0. The molecule has 3 rings (SSSR count). The van der Waals surface area contributed by atoms with Crippen LogP contribution in [0.25, 0.3) is 11.3 Å². The number of amides is 1. The molecule has 0 bridgehead atoms. The van der Waals surface area contributed by atoms with Crippen molar-refractivity contribution in [1.82, 2.24) is 10.3 Å². The molecular formula is C15H16FN3OS. The highest BCUT2D eigenvalue weighted by molar-refractivity contribution is 7.16. The molecule has 1 fully saturated rings. The molecule has 1 N–H and O–H groups in total. The van der Waals surface area contributed by atoms with E-state index in [2.05, 4.69) is 10.3 Å². The second-order valence-corrected chi connectivity index (χ2v) is 6.44. The molecular weight excluding hydrogens is 289 g/mol. The van der Waals surface area contributed by atoms with Gasteiger partial charge in [-0.15, -0.1) is 11.3 Å². The molecule has 1 aliphatic heterocycles. The summed E-state index contributed by atoms with van der Waals surface area (Å²) in [7, 11) is 0. The van der Waals surface area contributed by atoms with Crippen molar-refractivity contribution in [3.63, 3.8) is 0 Å². The highest BCUT2D eigenvalue weighted by Crippen LogP contribution is 2.32. The predicted molar refractivity (Wildman–Crippen MR) is 82.1 cm³/mol. The molecule has 4 nitrogen and oxygen atoms in total. The Kier molecular flexibility index (Phi) is 3.63. The van der Waals surface area contributed by atoms with Crippen molar-refractivity contribution >= 4 is 22.4 Å². The van der Waals surface area contributed by atoms with E-state index in [1.807, 2.05) is 18.7 Å². The molecule has 1 saturated heterocycles. The van der Waals surface area contributed by atoms with Gasteiger partial charge in [-0.25, -0.2) is 9.37 Å². The third-order valence-corrected chi connectivity index (χ3v) is 4.44. The van der Waals surface area contributed by atoms with Gasteiger partial charge in [0.25, 0.3) is 0 Å². The Morgan fingerprint density at radius 3 is 2.76 bits per heavy atom. The fraction of sp³-hybridized carbons (Fsp3) is 0.333. The highest BCUT2D eigenvalue weighted by Gasteiger charge is 2.24. The van der Waals surface area contributed by atoms with Gasteiger partial charge < -0.3 is 10.2 Å². The maximum Gasteiger partial charge on any atom is 0.239 e. The summed E-state index contributed by atoms with van der Waals surface area (Å²) < 4.78 is 13.0. The number of carbonyl (C=O) groups excluding carboxylic acids is 1. The number of aryl methyl sites for hydroxylation is 1. The van der Waals surface area contributed by atoms with Gasteiger partial charge in [-0.05, 0) is 38.1 Å². The normalized spacial score (nSPS) is 18.7.